The van der Waals surface area contributed by atoms with Gasteiger partial charge in [-0.15, -0.1) is 0 Å². The van der Waals surface area contributed by atoms with E-state index < -0.39 is 0 Å². The smallest absolute Gasteiger partial charge is 0.157 e. The molecule has 0 radical (unpaired) electrons. The van der Waals surface area contributed by atoms with Gasteiger partial charge in [-0.2, -0.15) is 0 Å². The van der Waals surface area contributed by atoms with Crippen LogP contribution in [0.4, 0.5) is 0 Å². The quantitative estimate of drug-likeness (QED) is 0.310. The van der Waals surface area contributed by atoms with Crippen molar-refractivity contribution in [2.24, 2.45) is 52.3 Å². The lowest BCUT2D eigenvalue weighted by atomic mass is 9.47. The van der Waals surface area contributed by atoms with Crippen LogP contribution in [-0.2, 0) is 9.47 Å². The Morgan fingerprint density at radius 1 is 0.972 bits per heavy atom. The van der Waals surface area contributed by atoms with E-state index in [0.29, 0.717) is 16.9 Å². The second-order valence-corrected chi connectivity index (χ2v) is 14.8. The summed E-state index contributed by atoms with van der Waals surface area (Å²) in [6.07, 6.45) is 22.0. The molecule has 0 bridgehead atoms. The first-order chi connectivity index (χ1) is 17.3. The Morgan fingerprint density at radius 2 is 1.81 bits per heavy atom. The van der Waals surface area contributed by atoms with Crippen LogP contribution in [-0.4, -0.2) is 19.0 Å². The summed E-state index contributed by atoms with van der Waals surface area (Å²) >= 11 is 0. The van der Waals surface area contributed by atoms with Crippen LogP contribution in [0.3, 0.4) is 0 Å². The Balaban J connectivity index is 1.24. The molecule has 0 aromatic rings. The summed E-state index contributed by atoms with van der Waals surface area (Å²) in [5.74, 6) is 6.38. The molecule has 5 aliphatic rings. The van der Waals surface area contributed by atoms with E-state index in [0.717, 1.165) is 60.9 Å². The Morgan fingerprint density at radius 3 is 2.53 bits per heavy atom. The Kier molecular flexibility index (Phi) is 8.35. The molecule has 5 rings (SSSR count). The fraction of sp³-hybridized carbons (Fsp3) is 0.941. The molecule has 3 saturated carbocycles. The third kappa shape index (κ3) is 5.01. The Hall–Kier alpha value is -0.340. The molecule has 2 heteroatoms. The first-order valence-corrected chi connectivity index (χ1v) is 16.2. The zero-order chi connectivity index (χ0) is 25.5. The van der Waals surface area contributed by atoms with Crippen LogP contribution < -0.4 is 0 Å². The Bertz CT molecular complexity index is 765. The van der Waals surface area contributed by atoms with Crippen LogP contribution in [0.2, 0.25) is 0 Å². The van der Waals surface area contributed by atoms with Crippen LogP contribution in [0.25, 0.3) is 0 Å². The molecule has 10 atom stereocenters. The summed E-state index contributed by atoms with van der Waals surface area (Å²) in [5.41, 5.74) is 2.76. The second-order valence-electron chi connectivity index (χ2n) is 14.8. The summed E-state index contributed by atoms with van der Waals surface area (Å²) in [6, 6.07) is 0. The topological polar surface area (TPSA) is 18.5 Å². The predicted molar refractivity (Wildman–Crippen MR) is 151 cm³/mol. The number of allylic oxidation sites excluding steroid dienone is 1. The minimum Gasteiger partial charge on any atom is -0.353 e. The maximum absolute atomic E-state index is 6.49. The van der Waals surface area contributed by atoms with E-state index in [2.05, 4.69) is 47.6 Å². The molecule has 1 heterocycles. The van der Waals surface area contributed by atoms with E-state index in [9.17, 15) is 0 Å². The summed E-state index contributed by atoms with van der Waals surface area (Å²) in [5, 5.41) is 0. The highest BCUT2D eigenvalue weighted by Crippen LogP contribution is 2.67. The largest absolute Gasteiger partial charge is 0.353 e. The molecule has 36 heavy (non-hydrogen) atoms. The van der Waals surface area contributed by atoms with E-state index in [1.807, 2.05) is 0 Å². The number of rotatable bonds is 8. The lowest BCUT2D eigenvalue weighted by Gasteiger charge is -2.58. The van der Waals surface area contributed by atoms with Crippen molar-refractivity contribution in [2.45, 2.75) is 144 Å². The maximum Gasteiger partial charge on any atom is 0.157 e. The van der Waals surface area contributed by atoms with Crippen LogP contribution in [0.15, 0.2) is 11.6 Å². The average molecular weight is 499 g/mol. The van der Waals surface area contributed by atoms with Gasteiger partial charge >= 0.3 is 0 Å². The van der Waals surface area contributed by atoms with Crippen molar-refractivity contribution >= 4 is 0 Å². The standard InChI is InChI=1S/C34H58O2/c1-7-25(23(2)3)12-11-24(4)29-15-16-30-28-14-13-26-22-27(36-32-10-8-9-21-35-32)17-19-33(26,5)31(28)18-20-34(29,30)6/h13,23-25,27-32H,7-12,14-22H2,1-6H3/t24-,25-,27-,28+,29-,30+,31+,32-,33-,34+/m0/s1. The zero-order valence-electron chi connectivity index (χ0n) is 24.7. The molecule has 0 aromatic carbocycles. The average Bonchev–Trinajstić information content (AvgIpc) is 3.22. The monoisotopic (exact) mass is 498 g/mol. The normalized spacial score (nSPS) is 44.4. The summed E-state index contributed by atoms with van der Waals surface area (Å²) in [6.45, 7) is 16.2. The zero-order valence-corrected chi connectivity index (χ0v) is 24.7. The molecule has 206 valence electrons. The van der Waals surface area contributed by atoms with Gasteiger partial charge in [0.2, 0.25) is 0 Å². The van der Waals surface area contributed by atoms with Crippen molar-refractivity contribution in [3.63, 3.8) is 0 Å². The SMILES string of the molecule is CC[C@@H](CC[C@H](C)[C@@H]1CC[C@@H]2[C@H]3CC=C4C[C@@H](O[C@H]5CCCCO5)CC[C@]4(C)[C@@H]3CC[C@@]21C)C(C)C. The minimum atomic E-state index is 0.0611. The van der Waals surface area contributed by atoms with Gasteiger partial charge in [-0.1, -0.05) is 66.0 Å². The highest BCUT2D eigenvalue weighted by Gasteiger charge is 2.59. The first kappa shape index (κ1) is 27.2. The molecule has 0 spiro atoms. The second kappa shape index (κ2) is 11.0. The van der Waals surface area contributed by atoms with Crippen molar-refractivity contribution in [1.82, 2.24) is 0 Å². The van der Waals surface area contributed by atoms with E-state index in [4.69, 9.17) is 9.47 Å². The van der Waals surface area contributed by atoms with Gasteiger partial charge in [0.15, 0.2) is 6.29 Å². The molecule has 4 fully saturated rings. The predicted octanol–water partition coefficient (Wildman–Crippen LogP) is 9.58. The van der Waals surface area contributed by atoms with Crippen LogP contribution in [0, 0.1) is 52.3 Å². The number of hydrogen-bond acceptors (Lipinski definition) is 2. The fourth-order valence-corrected chi connectivity index (χ4v) is 10.4. The molecule has 0 N–H and O–H groups in total. The summed E-state index contributed by atoms with van der Waals surface area (Å²) in [4.78, 5) is 0. The van der Waals surface area contributed by atoms with Gasteiger partial charge in [0.05, 0.1) is 6.10 Å². The van der Waals surface area contributed by atoms with Crippen molar-refractivity contribution < 1.29 is 9.47 Å². The molecule has 0 amide bonds. The highest BCUT2D eigenvalue weighted by molar-refractivity contribution is 5.25. The molecule has 0 aromatic heterocycles. The third-order valence-corrected chi connectivity index (χ3v) is 12.8. The summed E-state index contributed by atoms with van der Waals surface area (Å²) < 4.78 is 12.4. The van der Waals surface area contributed by atoms with Gasteiger partial charge < -0.3 is 9.47 Å². The van der Waals surface area contributed by atoms with Crippen LogP contribution >= 0.6 is 0 Å². The van der Waals surface area contributed by atoms with Crippen molar-refractivity contribution in [3.05, 3.63) is 11.6 Å². The van der Waals surface area contributed by atoms with Crippen LogP contribution in [0.1, 0.15) is 131 Å². The molecular weight excluding hydrogens is 440 g/mol. The van der Waals surface area contributed by atoms with Crippen molar-refractivity contribution in [1.29, 1.82) is 0 Å². The lowest BCUT2D eigenvalue weighted by molar-refractivity contribution is -0.195. The molecule has 4 aliphatic carbocycles. The van der Waals surface area contributed by atoms with Crippen molar-refractivity contribution in [2.75, 3.05) is 6.61 Å². The van der Waals surface area contributed by atoms with E-state index in [1.54, 1.807) is 5.57 Å². The van der Waals surface area contributed by atoms with Gasteiger partial charge in [-0.05, 0) is 129 Å². The van der Waals surface area contributed by atoms with Gasteiger partial charge in [-0.25, -0.2) is 0 Å². The van der Waals surface area contributed by atoms with Gasteiger partial charge in [-0.3, -0.25) is 0 Å². The summed E-state index contributed by atoms with van der Waals surface area (Å²) in [7, 11) is 0. The van der Waals surface area contributed by atoms with Gasteiger partial charge in [0, 0.05) is 6.61 Å². The highest BCUT2D eigenvalue weighted by atomic mass is 16.7. The number of fused-ring (bicyclic) bond motifs is 5. The molecule has 2 nitrogen and oxygen atoms in total. The van der Waals surface area contributed by atoms with Crippen molar-refractivity contribution in [3.8, 4) is 0 Å². The van der Waals surface area contributed by atoms with E-state index in [-0.39, 0.29) is 6.29 Å². The first-order valence-electron chi connectivity index (χ1n) is 16.2. The van der Waals surface area contributed by atoms with E-state index >= 15 is 0 Å². The number of hydrogen-bond donors (Lipinski definition) is 0. The third-order valence-electron chi connectivity index (χ3n) is 12.8. The minimum absolute atomic E-state index is 0.0611. The molecular formula is C34H58O2. The van der Waals surface area contributed by atoms with Gasteiger partial charge in [0.25, 0.3) is 0 Å². The maximum atomic E-state index is 6.49. The Labute approximate surface area is 223 Å². The molecule has 0 unspecified atom stereocenters. The molecule has 1 aliphatic heterocycles. The molecule has 1 saturated heterocycles. The van der Waals surface area contributed by atoms with E-state index in [1.165, 1.54) is 77.0 Å². The fourth-order valence-electron chi connectivity index (χ4n) is 10.4. The lowest BCUT2D eigenvalue weighted by Crippen LogP contribution is -2.51. The number of ether oxygens (including phenoxy) is 2. The van der Waals surface area contributed by atoms with Crippen LogP contribution in [0.5, 0.6) is 0 Å². The van der Waals surface area contributed by atoms with Gasteiger partial charge in [0.1, 0.15) is 0 Å².